The Labute approximate surface area is 161 Å². The maximum Gasteiger partial charge on any atom is 0.420 e. The summed E-state index contributed by atoms with van der Waals surface area (Å²) in [4.78, 5) is 52.0. The maximum absolute atomic E-state index is 12.3. The molecule has 0 radical (unpaired) electrons. The highest BCUT2D eigenvalue weighted by molar-refractivity contribution is 7.17. The molecular formula is C17H15N3O7S. The number of fused-ring (bicyclic) bond motifs is 1. The molecular weight excluding hydrogens is 390 g/mol. The van der Waals surface area contributed by atoms with E-state index in [9.17, 15) is 19.2 Å². The van der Waals surface area contributed by atoms with Crippen LogP contribution in [0.2, 0.25) is 0 Å². The molecule has 0 atom stereocenters. The molecule has 1 aromatic carbocycles. The third kappa shape index (κ3) is 3.64. The lowest BCUT2D eigenvalue weighted by Gasteiger charge is -2.03. The monoisotopic (exact) mass is 405 g/mol. The fourth-order valence-electron chi connectivity index (χ4n) is 2.50. The Morgan fingerprint density at radius 3 is 2.61 bits per heavy atom. The fourth-order valence-corrected chi connectivity index (χ4v) is 3.40. The summed E-state index contributed by atoms with van der Waals surface area (Å²) in [6.45, 7) is 1.28. The van der Waals surface area contributed by atoms with E-state index in [0.29, 0.717) is 11.2 Å². The van der Waals surface area contributed by atoms with Gasteiger partial charge in [0.15, 0.2) is 10.7 Å². The number of aryl methyl sites for hydroxylation is 1. The first-order valence-electron chi connectivity index (χ1n) is 7.91. The van der Waals surface area contributed by atoms with Crippen LogP contribution in [0.25, 0.3) is 11.1 Å². The highest BCUT2D eigenvalue weighted by Crippen LogP contribution is 2.23. The summed E-state index contributed by atoms with van der Waals surface area (Å²) in [5, 5.41) is 2.74. The Bertz CT molecular complexity index is 1140. The second kappa shape index (κ2) is 7.64. The summed E-state index contributed by atoms with van der Waals surface area (Å²) in [5.74, 6) is -2.41. The van der Waals surface area contributed by atoms with Crippen molar-refractivity contribution in [2.75, 3.05) is 19.5 Å². The summed E-state index contributed by atoms with van der Waals surface area (Å²) < 4.78 is 15.5. The van der Waals surface area contributed by atoms with Crippen molar-refractivity contribution in [2.24, 2.45) is 0 Å². The lowest BCUT2D eigenvalue weighted by atomic mass is 10.2. The van der Waals surface area contributed by atoms with E-state index in [-0.39, 0.29) is 27.7 Å². The minimum atomic E-state index is -0.752. The Kier molecular flexibility index (Phi) is 5.27. The molecule has 3 rings (SSSR count). The first-order chi connectivity index (χ1) is 13.3. The molecule has 0 unspecified atom stereocenters. The zero-order valence-electron chi connectivity index (χ0n) is 15.1. The number of oxazole rings is 1. The number of aromatic nitrogens is 2. The predicted molar refractivity (Wildman–Crippen MR) is 98.6 cm³/mol. The smallest absolute Gasteiger partial charge is 0.420 e. The van der Waals surface area contributed by atoms with Gasteiger partial charge in [0, 0.05) is 0 Å². The van der Waals surface area contributed by atoms with Gasteiger partial charge in [0.1, 0.15) is 11.4 Å². The Morgan fingerprint density at radius 2 is 1.93 bits per heavy atom. The van der Waals surface area contributed by atoms with Gasteiger partial charge in [-0.25, -0.2) is 19.4 Å². The van der Waals surface area contributed by atoms with Crippen molar-refractivity contribution in [3.63, 3.8) is 0 Å². The number of anilines is 1. The van der Waals surface area contributed by atoms with Gasteiger partial charge in [-0.3, -0.25) is 9.36 Å². The van der Waals surface area contributed by atoms with E-state index in [4.69, 9.17) is 4.42 Å². The van der Waals surface area contributed by atoms with Gasteiger partial charge in [-0.1, -0.05) is 11.3 Å². The maximum atomic E-state index is 12.3. The number of benzene rings is 1. The van der Waals surface area contributed by atoms with Crippen LogP contribution in [0.4, 0.5) is 5.13 Å². The van der Waals surface area contributed by atoms with Crippen molar-refractivity contribution in [2.45, 2.75) is 13.5 Å². The third-order valence-corrected chi connectivity index (χ3v) is 4.86. The Morgan fingerprint density at radius 1 is 1.21 bits per heavy atom. The van der Waals surface area contributed by atoms with Gasteiger partial charge in [0.25, 0.3) is 0 Å². The molecule has 1 N–H and O–H groups in total. The molecule has 28 heavy (non-hydrogen) atoms. The summed E-state index contributed by atoms with van der Waals surface area (Å²) in [5.41, 5.74) is 1.14. The molecule has 0 spiro atoms. The molecule has 0 aliphatic carbocycles. The highest BCUT2D eigenvalue weighted by Gasteiger charge is 2.19. The second-order valence-corrected chi connectivity index (χ2v) is 6.60. The van der Waals surface area contributed by atoms with Crippen molar-refractivity contribution in [3.8, 4) is 0 Å². The third-order valence-electron chi connectivity index (χ3n) is 3.80. The Balaban J connectivity index is 1.82. The molecule has 3 aromatic rings. The van der Waals surface area contributed by atoms with E-state index >= 15 is 0 Å². The van der Waals surface area contributed by atoms with Gasteiger partial charge in [-0.15, -0.1) is 0 Å². The van der Waals surface area contributed by atoms with Crippen LogP contribution < -0.4 is 11.1 Å². The highest BCUT2D eigenvalue weighted by atomic mass is 32.1. The van der Waals surface area contributed by atoms with Crippen molar-refractivity contribution in [1.29, 1.82) is 0 Å². The van der Waals surface area contributed by atoms with E-state index in [1.165, 1.54) is 32.4 Å². The lowest BCUT2D eigenvalue weighted by Crippen LogP contribution is -2.24. The quantitative estimate of drug-likeness (QED) is 0.633. The van der Waals surface area contributed by atoms with Crippen molar-refractivity contribution in [3.05, 3.63) is 44.9 Å². The second-order valence-electron chi connectivity index (χ2n) is 5.60. The molecule has 2 aromatic heterocycles. The summed E-state index contributed by atoms with van der Waals surface area (Å²) in [6.07, 6.45) is 0. The summed E-state index contributed by atoms with van der Waals surface area (Å²) >= 11 is 0.969. The number of carbonyl (C=O) groups is 3. The van der Waals surface area contributed by atoms with E-state index in [1.807, 2.05) is 0 Å². The molecule has 0 fully saturated rings. The van der Waals surface area contributed by atoms with E-state index in [2.05, 4.69) is 19.8 Å². The van der Waals surface area contributed by atoms with Crippen LogP contribution in [-0.4, -0.2) is 41.6 Å². The van der Waals surface area contributed by atoms with Crippen molar-refractivity contribution >= 4 is 45.4 Å². The number of rotatable bonds is 5. The van der Waals surface area contributed by atoms with Crippen LogP contribution in [0, 0.1) is 6.92 Å². The average Bonchev–Trinajstić information content (AvgIpc) is 3.19. The van der Waals surface area contributed by atoms with Crippen molar-refractivity contribution in [1.82, 2.24) is 9.55 Å². The molecule has 146 valence electrons. The van der Waals surface area contributed by atoms with Crippen LogP contribution >= 0.6 is 11.3 Å². The molecule has 2 heterocycles. The molecule has 10 nitrogen and oxygen atoms in total. The molecule has 0 saturated heterocycles. The average molecular weight is 405 g/mol. The van der Waals surface area contributed by atoms with Gasteiger partial charge >= 0.3 is 17.7 Å². The Hall–Kier alpha value is -3.47. The largest absolute Gasteiger partial charge is 0.465 e. The number of nitrogens with one attached hydrogen (secondary N) is 1. The first-order valence-corrected chi connectivity index (χ1v) is 8.73. The summed E-state index contributed by atoms with van der Waals surface area (Å²) in [7, 11) is 2.49. The number of carbonyl (C=O) groups excluding carboxylic acids is 3. The van der Waals surface area contributed by atoms with E-state index < -0.39 is 23.6 Å². The number of hydrogen-bond acceptors (Lipinski definition) is 9. The number of ether oxygens (including phenoxy) is 2. The SMILES string of the molecule is COC(=O)c1ccc2c(c1)oc(=O)n2CC(=O)Nc1nc(C)c(C(=O)OC)s1. The molecule has 0 aliphatic heterocycles. The van der Waals surface area contributed by atoms with Crippen LogP contribution in [0.15, 0.2) is 27.4 Å². The van der Waals surface area contributed by atoms with Crippen LogP contribution in [0.1, 0.15) is 25.7 Å². The number of amides is 1. The molecule has 0 saturated carbocycles. The number of thiazole rings is 1. The topological polar surface area (TPSA) is 130 Å². The normalized spacial score (nSPS) is 10.7. The van der Waals surface area contributed by atoms with Gasteiger partial charge in [0.2, 0.25) is 5.91 Å². The predicted octanol–water partition coefficient (Wildman–Crippen LogP) is 1.57. The molecule has 1 amide bonds. The van der Waals surface area contributed by atoms with Gasteiger partial charge in [0.05, 0.1) is 31.0 Å². The number of esters is 2. The number of hydrogen-bond donors (Lipinski definition) is 1. The fraction of sp³-hybridized carbons (Fsp3) is 0.235. The van der Waals surface area contributed by atoms with E-state index in [0.717, 1.165) is 15.9 Å². The summed E-state index contributed by atoms with van der Waals surface area (Å²) in [6, 6.07) is 4.32. The van der Waals surface area contributed by atoms with Crippen LogP contribution in [-0.2, 0) is 20.8 Å². The van der Waals surface area contributed by atoms with Gasteiger partial charge in [-0.2, -0.15) is 0 Å². The molecule has 0 aliphatic rings. The van der Waals surface area contributed by atoms with Gasteiger partial charge < -0.3 is 19.2 Å². The first kappa shape index (κ1) is 19.3. The van der Waals surface area contributed by atoms with Crippen LogP contribution in [0.5, 0.6) is 0 Å². The minimum absolute atomic E-state index is 0.152. The van der Waals surface area contributed by atoms with E-state index in [1.54, 1.807) is 6.92 Å². The zero-order chi connectivity index (χ0) is 20.4. The number of methoxy groups -OCH3 is 2. The van der Waals surface area contributed by atoms with Crippen molar-refractivity contribution < 1.29 is 28.3 Å². The lowest BCUT2D eigenvalue weighted by molar-refractivity contribution is -0.116. The van der Waals surface area contributed by atoms with Crippen LogP contribution in [0.3, 0.4) is 0 Å². The molecule has 11 heteroatoms. The number of nitrogens with zero attached hydrogens (tertiary/aromatic N) is 2. The molecule has 0 bridgehead atoms. The standard InChI is InChI=1S/C17H15N3O7S/c1-8-13(15(23)26-3)28-16(18-8)19-12(21)7-20-10-5-4-9(14(22)25-2)6-11(10)27-17(20)24/h4-6H,7H2,1-3H3,(H,18,19,21). The minimum Gasteiger partial charge on any atom is -0.465 e. The zero-order valence-corrected chi connectivity index (χ0v) is 15.9. The van der Waals surface area contributed by atoms with Gasteiger partial charge in [-0.05, 0) is 25.1 Å².